The van der Waals surface area contributed by atoms with E-state index in [4.69, 9.17) is 4.74 Å². The van der Waals surface area contributed by atoms with Gasteiger partial charge in [0.15, 0.2) is 0 Å². The van der Waals surface area contributed by atoms with E-state index in [1.165, 1.54) is 17.7 Å². The van der Waals surface area contributed by atoms with E-state index >= 15 is 0 Å². The van der Waals surface area contributed by atoms with Crippen LogP contribution in [-0.4, -0.2) is 26.7 Å². The van der Waals surface area contributed by atoms with Crippen molar-refractivity contribution >= 4 is 5.69 Å². The summed E-state index contributed by atoms with van der Waals surface area (Å²) in [6.07, 6.45) is 1.27. The van der Waals surface area contributed by atoms with Crippen LogP contribution in [0.4, 0.5) is 5.69 Å². The van der Waals surface area contributed by atoms with Crippen LogP contribution in [0.3, 0.4) is 0 Å². The lowest BCUT2D eigenvalue weighted by Gasteiger charge is -2.23. The number of methoxy groups -OCH3 is 1. The molecule has 1 aliphatic rings. The van der Waals surface area contributed by atoms with Gasteiger partial charge in [0, 0.05) is 17.8 Å². The Morgan fingerprint density at radius 3 is 2.74 bits per heavy atom. The number of nitrogens with one attached hydrogen (secondary N) is 2. The lowest BCUT2D eigenvalue weighted by atomic mass is 9.86. The summed E-state index contributed by atoms with van der Waals surface area (Å²) < 4.78 is 5.47. The molecule has 19 heavy (non-hydrogen) atoms. The van der Waals surface area contributed by atoms with Gasteiger partial charge in [0.1, 0.15) is 5.75 Å². The van der Waals surface area contributed by atoms with Crippen molar-refractivity contribution in [3.8, 4) is 5.75 Å². The number of anilines is 1. The Morgan fingerprint density at radius 1 is 1.37 bits per heavy atom. The van der Waals surface area contributed by atoms with E-state index in [9.17, 15) is 0 Å². The fourth-order valence-corrected chi connectivity index (χ4v) is 2.55. The molecule has 0 aliphatic carbocycles. The molecule has 1 unspecified atom stereocenters. The summed E-state index contributed by atoms with van der Waals surface area (Å²) in [5.41, 5.74) is 2.54. The second kappa shape index (κ2) is 5.83. The second-order valence-corrected chi connectivity index (χ2v) is 6.40. The summed E-state index contributed by atoms with van der Waals surface area (Å²) in [7, 11) is 1.74. The van der Waals surface area contributed by atoms with Crippen molar-refractivity contribution in [2.45, 2.75) is 32.6 Å². The Balaban J connectivity index is 2.08. The van der Waals surface area contributed by atoms with Gasteiger partial charge in [-0.05, 0) is 49.0 Å². The molecule has 0 aromatic heterocycles. The van der Waals surface area contributed by atoms with Crippen LogP contribution in [-0.2, 0) is 5.41 Å². The third kappa shape index (κ3) is 3.63. The van der Waals surface area contributed by atoms with Crippen molar-refractivity contribution < 1.29 is 4.74 Å². The summed E-state index contributed by atoms with van der Waals surface area (Å²) >= 11 is 0. The zero-order valence-electron chi connectivity index (χ0n) is 12.5. The average molecular weight is 262 g/mol. The van der Waals surface area contributed by atoms with Gasteiger partial charge in [-0.15, -0.1) is 0 Å². The van der Waals surface area contributed by atoms with Crippen molar-refractivity contribution in [3.05, 3.63) is 23.8 Å². The van der Waals surface area contributed by atoms with Crippen molar-refractivity contribution in [3.63, 3.8) is 0 Å². The van der Waals surface area contributed by atoms with Crippen LogP contribution < -0.4 is 15.4 Å². The molecular weight excluding hydrogens is 236 g/mol. The molecule has 0 amide bonds. The van der Waals surface area contributed by atoms with E-state index < -0.39 is 0 Å². The molecule has 1 fully saturated rings. The first-order valence-electron chi connectivity index (χ1n) is 7.14. The van der Waals surface area contributed by atoms with E-state index in [2.05, 4.69) is 49.6 Å². The minimum atomic E-state index is 0.0952. The molecule has 106 valence electrons. The van der Waals surface area contributed by atoms with E-state index in [0.717, 1.165) is 31.3 Å². The lowest BCUT2D eigenvalue weighted by Crippen LogP contribution is -2.18. The quantitative estimate of drug-likeness (QED) is 0.875. The number of benzene rings is 1. The summed E-state index contributed by atoms with van der Waals surface area (Å²) in [4.78, 5) is 0. The molecule has 3 nitrogen and oxygen atoms in total. The SMILES string of the molecule is COc1ccc(NCC2CCNC2)cc1C(C)(C)C. The minimum Gasteiger partial charge on any atom is -0.496 e. The molecule has 1 aliphatic heterocycles. The highest BCUT2D eigenvalue weighted by atomic mass is 16.5. The van der Waals surface area contributed by atoms with Crippen LogP contribution in [0.1, 0.15) is 32.8 Å². The third-order valence-corrected chi connectivity index (χ3v) is 3.76. The normalized spacial score (nSPS) is 19.5. The zero-order valence-corrected chi connectivity index (χ0v) is 12.5. The largest absolute Gasteiger partial charge is 0.496 e. The maximum absolute atomic E-state index is 5.47. The van der Waals surface area contributed by atoms with E-state index in [0.29, 0.717) is 0 Å². The van der Waals surface area contributed by atoms with Crippen molar-refractivity contribution in [1.82, 2.24) is 5.32 Å². The van der Waals surface area contributed by atoms with Crippen molar-refractivity contribution in [2.75, 3.05) is 32.1 Å². The molecule has 1 aromatic rings. The van der Waals surface area contributed by atoms with Crippen LogP contribution in [0, 0.1) is 5.92 Å². The van der Waals surface area contributed by atoms with Gasteiger partial charge >= 0.3 is 0 Å². The van der Waals surface area contributed by atoms with Crippen LogP contribution >= 0.6 is 0 Å². The highest BCUT2D eigenvalue weighted by Crippen LogP contribution is 2.33. The maximum atomic E-state index is 5.47. The topological polar surface area (TPSA) is 33.3 Å². The summed E-state index contributed by atoms with van der Waals surface area (Å²) in [6.45, 7) is 9.99. The Kier molecular flexibility index (Phi) is 4.35. The predicted octanol–water partition coefficient (Wildman–Crippen LogP) is 3.01. The molecular formula is C16H26N2O. The third-order valence-electron chi connectivity index (χ3n) is 3.76. The molecule has 3 heteroatoms. The molecule has 0 bridgehead atoms. The monoisotopic (exact) mass is 262 g/mol. The van der Waals surface area contributed by atoms with Gasteiger partial charge in [-0.2, -0.15) is 0 Å². The summed E-state index contributed by atoms with van der Waals surface area (Å²) in [6, 6.07) is 6.40. The number of ether oxygens (including phenoxy) is 1. The second-order valence-electron chi connectivity index (χ2n) is 6.40. The van der Waals surface area contributed by atoms with Gasteiger partial charge in [-0.1, -0.05) is 20.8 Å². The Morgan fingerprint density at radius 2 is 2.16 bits per heavy atom. The molecule has 0 saturated carbocycles. The molecule has 0 radical (unpaired) electrons. The standard InChI is InChI=1S/C16H26N2O/c1-16(2,3)14-9-13(5-6-15(14)19-4)18-11-12-7-8-17-10-12/h5-6,9,12,17-18H,7-8,10-11H2,1-4H3. The van der Waals surface area contributed by atoms with Gasteiger partial charge in [-0.25, -0.2) is 0 Å². The molecule has 2 N–H and O–H groups in total. The average Bonchev–Trinajstić information content (AvgIpc) is 2.88. The molecule has 1 atom stereocenters. The Bertz CT molecular complexity index is 417. The van der Waals surface area contributed by atoms with Crippen LogP contribution in [0.5, 0.6) is 5.75 Å². The van der Waals surface area contributed by atoms with Gasteiger partial charge < -0.3 is 15.4 Å². The van der Waals surface area contributed by atoms with E-state index in [-0.39, 0.29) is 5.41 Å². The minimum absolute atomic E-state index is 0.0952. The van der Waals surface area contributed by atoms with Crippen molar-refractivity contribution in [2.24, 2.45) is 5.92 Å². The molecule has 1 aromatic carbocycles. The number of rotatable bonds is 4. The summed E-state index contributed by atoms with van der Waals surface area (Å²) in [5.74, 6) is 1.72. The fourth-order valence-electron chi connectivity index (χ4n) is 2.55. The van der Waals surface area contributed by atoms with Gasteiger partial charge in [0.05, 0.1) is 7.11 Å². The molecule has 2 rings (SSSR count). The first-order chi connectivity index (χ1) is 9.00. The fraction of sp³-hybridized carbons (Fsp3) is 0.625. The maximum Gasteiger partial charge on any atom is 0.122 e. The van der Waals surface area contributed by atoms with Gasteiger partial charge in [0.2, 0.25) is 0 Å². The van der Waals surface area contributed by atoms with E-state index in [1.807, 2.05) is 0 Å². The van der Waals surface area contributed by atoms with Crippen LogP contribution in [0.2, 0.25) is 0 Å². The number of hydrogen-bond acceptors (Lipinski definition) is 3. The molecule has 1 saturated heterocycles. The highest BCUT2D eigenvalue weighted by molar-refractivity contribution is 5.53. The smallest absolute Gasteiger partial charge is 0.122 e. The summed E-state index contributed by atoms with van der Waals surface area (Å²) in [5, 5.41) is 6.96. The first kappa shape index (κ1) is 14.2. The molecule has 1 heterocycles. The van der Waals surface area contributed by atoms with Crippen LogP contribution in [0.15, 0.2) is 18.2 Å². The van der Waals surface area contributed by atoms with Crippen LogP contribution in [0.25, 0.3) is 0 Å². The Hall–Kier alpha value is -1.22. The van der Waals surface area contributed by atoms with E-state index in [1.54, 1.807) is 7.11 Å². The Labute approximate surface area is 116 Å². The molecule has 0 spiro atoms. The van der Waals surface area contributed by atoms with Crippen molar-refractivity contribution in [1.29, 1.82) is 0 Å². The first-order valence-corrected chi connectivity index (χ1v) is 7.14. The lowest BCUT2D eigenvalue weighted by molar-refractivity contribution is 0.397. The van der Waals surface area contributed by atoms with Gasteiger partial charge in [0.25, 0.3) is 0 Å². The predicted molar refractivity (Wildman–Crippen MR) is 81.2 cm³/mol. The van der Waals surface area contributed by atoms with Gasteiger partial charge in [-0.3, -0.25) is 0 Å². The highest BCUT2D eigenvalue weighted by Gasteiger charge is 2.20. The zero-order chi connectivity index (χ0) is 13.9. The number of hydrogen-bond donors (Lipinski definition) is 2.